The van der Waals surface area contributed by atoms with E-state index in [9.17, 15) is 9.90 Å². The highest BCUT2D eigenvalue weighted by Gasteiger charge is 2.09. The van der Waals surface area contributed by atoms with Gasteiger partial charge in [-0.3, -0.25) is 4.79 Å². The molecule has 0 aliphatic carbocycles. The lowest BCUT2D eigenvalue weighted by atomic mass is 10.3. The Morgan fingerprint density at radius 2 is 2.00 bits per heavy atom. The number of aromatic hydroxyl groups is 1. The normalized spacial score (nSPS) is 10.6. The van der Waals surface area contributed by atoms with E-state index in [2.05, 4.69) is 17.3 Å². The number of hydrogen-bond donors (Lipinski definition) is 2. The van der Waals surface area contributed by atoms with Gasteiger partial charge in [-0.2, -0.15) is 9.78 Å². The van der Waals surface area contributed by atoms with Crippen LogP contribution in [0, 0.1) is 0 Å². The number of hydrogen-bond acceptors (Lipinski definition) is 5. The van der Waals surface area contributed by atoms with Gasteiger partial charge >= 0.3 is 0 Å². The molecule has 2 aromatic rings. The summed E-state index contributed by atoms with van der Waals surface area (Å²) in [6.07, 6.45) is 0.985. The first-order valence-corrected chi connectivity index (χ1v) is 7.41. The molecule has 1 aromatic carbocycles. The molecule has 2 N–H and O–H groups in total. The van der Waals surface area contributed by atoms with Gasteiger partial charge in [0.15, 0.2) is 0 Å². The van der Waals surface area contributed by atoms with E-state index in [-0.39, 0.29) is 11.3 Å². The van der Waals surface area contributed by atoms with Gasteiger partial charge in [0.05, 0.1) is 12.3 Å². The van der Waals surface area contributed by atoms with Crippen LogP contribution < -0.4 is 15.6 Å². The van der Waals surface area contributed by atoms with Crippen LogP contribution in [-0.4, -0.2) is 28.0 Å². The Labute approximate surface area is 129 Å². The van der Waals surface area contributed by atoms with Gasteiger partial charge in [0, 0.05) is 12.6 Å². The van der Waals surface area contributed by atoms with E-state index in [0.29, 0.717) is 24.5 Å². The van der Waals surface area contributed by atoms with E-state index in [1.165, 1.54) is 10.7 Å². The third-order valence-corrected chi connectivity index (χ3v) is 3.10. The molecule has 0 bridgehead atoms. The highest BCUT2D eigenvalue weighted by atomic mass is 16.5. The van der Waals surface area contributed by atoms with E-state index in [1.54, 1.807) is 24.3 Å². The van der Waals surface area contributed by atoms with Crippen molar-refractivity contribution in [1.82, 2.24) is 15.1 Å². The van der Waals surface area contributed by atoms with Gasteiger partial charge in [-0.05, 0) is 44.2 Å². The fourth-order valence-corrected chi connectivity index (χ4v) is 2.03. The topological polar surface area (TPSA) is 76.4 Å². The molecule has 0 aliphatic heterocycles. The Morgan fingerprint density at radius 3 is 2.64 bits per heavy atom. The molecule has 6 heteroatoms. The number of nitrogens with one attached hydrogen (secondary N) is 1. The van der Waals surface area contributed by atoms with E-state index < -0.39 is 0 Å². The molecule has 0 saturated heterocycles. The monoisotopic (exact) mass is 303 g/mol. The zero-order chi connectivity index (χ0) is 15.9. The van der Waals surface area contributed by atoms with E-state index in [4.69, 9.17) is 4.74 Å². The Hall–Kier alpha value is -2.34. The third kappa shape index (κ3) is 3.85. The van der Waals surface area contributed by atoms with Gasteiger partial charge in [0.2, 0.25) is 0 Å². The molecule has 6 nitrogen and oxygen atoms in total. The summed E-state index contributed by atoms with van der Waals surface area (Å²) in [5, 5.41) is 17.2. The first kappa shape index (κ1) is 16.0. The summed E-state index contributed by atoms with van der Waals surface area (Å²) in [5.41, 5.74) is 0.702. The Bertz CT molecular complexity index is 665. The molecule has 1 heterocycles. The molecule has 0 aliphatic rings. The maximum Gasteiger partial charge on any atom is 0.275 e. The predicted molar refractivity (Wildman–Crippen MR) is 84.7 cm³/mol. The summed E-state index contributed by atoms with van der Waals surface area (Å²) in [4.78, 5) is 12.0. The van der Waals surface area contributed by atoms with Crippen LogP contribution in [0.1, 0.15) is 26.0 Å². The number of benzene rings is 1. The van der Waals surface area contributed by atoms with Crippen LogP contribution in [0.5, 0.6) is 11.5 Å². The minimum atomic E-state index is -0.374. The van der Waals surface area contributed by atoms with Crippen LogP contribution >= 0.6 is 0 Å². The van der Waals surface area contributed by atoms with Gasteiger partial charge in [-0.1, -0.05) is 6.92 Å². The van der Waals surface area contributed by atoms with E-state index in [1.807, 2.05) is 6.92 Å². The number of ether oxygens (including phenoxy) is 1. The summed E-state index contributed by atoms with van der Waals surface area (Å²) < 4.78 is 6.65. The van der Waals surface area contributed by atoms with Crippen molar-refractivity contribution in [3.05, 3.63) is 46.4 Å². The molecule has 0 atom stereocenters. The van der Waals surface area contributed by atoms with Gasteiger partial charge in [-0.25, -0.2) is 0 Å². The summed E-state index contributed by atoms with van der Waals surface area (Å²) in [6, 6.07) is 8.29. The van der Waals surface area contributed by atoms with Crippen LogP contribution in [0.15, 0.2) is 35.1 Å². The maximum atomic E-state index is 12.0. The standard InChI is InChI=1S/C16H21N3O3/c1-3-9-17-11-14-15(20)10-16(21)19(18-14)12-5-7-13(8-6-12)22-4-2/h5-8,10,17,20H,3-4,9,11H2,1-2H3. The summed E-state index contributed by atoms with van der Waals surface area (Å²) in [5.74, 6) is 0.652. The zero-order valence-corrected chi connectivity index (χ0v) is 12.9. The maximum absolute atomic E-state index is 12.0. The molecule has 0 spiro atoms. The molecule has 2 rings (SSSR count). The van der Waals surface area contributed by atoms with Crippen LogP contribution in [-0.2, 0) is 6.54 Å². The zero-order valence-electron chi connectivity index (χ0n) is 12.9. The Morgan fingerprint density at radius 1 is 1.27 bits per heavy atom. The Kier molecular flexibility index (Phi) is 5.55. The highest BCUT2D eigenvalue weighted by Crippen LogP contribution is 2.16. The fraction of sp³-hybridized carbons (Fsp3) is 0.375. The molecule has 0 amide bonds. The smallest absolute Gasteiger partial charge is 0.275 e. The van der Waals surface area contributed by atoms with Crippen LogP contribution in [0.3, 0.4) is 0 Å². The number of nitrogens with zero attached hydrogens (tertiary/aromatic N) is 2. The molecule has 22 heavy (non-hydrogen) atoms. The summed E-state index contributed by atoms with van der Waals surface area (Å²) in [6.45, 7) is 5.79. The molecule has 0 saturated carbocycles. The van der Waals surface area contributed by atoms with Crippen LogP contribution in [0.2, 0.25) is 0 Å². The van der Waals surface area contributed by atoms with Crippen LogP contribution in [0.4, 0.5) is 0 Å². The lowest BCUT2D eigenvalue weighted by Crippen LogP contribution is -2.24. The van der Waals surface area contributed by atoms with Crippen LogP contribution in [0.25, 0.3) is 5.69 Å². The van der Waals surface area contributed by atoms with Gasteiger partial charge in [-0.15, -0.1) is 0 Å². The molecular weight excluding hydrogens is 282 g/mol. The fourth-order valence-electron chi connectivity index (χ4n) is 2.03. The number of rotatable bonds is 7. The molecule has 1 aromatic heterocycles. The molecule has 0 fully saturated rings. The quantitative estimate of drug-likeness (QED) is 0.763. The average Bonchev–Trinajstić information content (AvgIpc) is 2.51. The van der Waals surface area contributed by atoms with E-state index >= 15 is 0 Å². The first-order valence-electron chi connectivity index (χ1n) is 7.41. The minimum Gasteiger partial charge on any atom is -0.506 e. The van der Waals surface area contributed by atoms with Crippen molar-refractivity contribution in [2.24, 2.45) is 0 Å². The van der Waals surface area contributed by atoms with Crippen molar-refractivity contribution in [2.45, 2.75) is 26.8 Å². The van der Waals surface area contributed by atoms with Gasteiger partial charge < -0.3 is 15.2 Å². The predicted octanol–water partition coefficient (Wildman–Crippen LogP) is 1.84. The second kappa shape index (κ2) is 7.61. The summed E-state index contributed by atoms with van der Waals surface area (Å²) >= 11 is 0. The molecule has 0 unspecified atom stereocenters. The lowest BCUT2D eigenvalue weighted by Gasteiger charge is -2.10. The largest absolute Gasteiger partial charge is 0.506 e. The number of aromatic nitrogens is 2. The molecule has 0 radical (unpaired) electrons. The van der Waals surface area contributed by atoms with Crippen molar-refractivity contribution >= 4 is 0 Å². The SMILES string of the molecule is CCCNCc1nn(-c2ccc(OCC)cc2)c(=O)cc1O. The molecular formula is C16H21N3O3. The second-order valence-corrected chi connectivity index (χ2v) is 4.83. The average molecular weight is 303 g/mol. The molecule has 118 valence electrons. The van der Waals surface area contributed by atoms with Crippen molar-refractivity contribution in [2.75, 3.05) is 13.2 Å². The second-order valence-electron chi connectivity index (χ2n) is 4.83. The third-order valence-electron chi connectivity index (χ3n) is 3.10. The van der Waals surface area contributed by atoms with E-state index in [0.717, 1.165) is 18.7 Å². The van der Waals surface area contributed by atoms with Crippen molar-refractivity contribution in [3.8, 4) is 17.2 Å². The first-order chi connectivity index (χ1) is 10.7. The van der Waals surface area contributed by atoms with Crippen molar-refractivity contribution < 1.29 is 9.84 Å². The van der Waals surface area contributed by atoms with Crippen molar-refractivity contribution in [1.29, 1.82) is 0 Å². The van der Waals surface area contributed by atoms with Gasteiger partial charge in [0.25, 0.3) is 5.56 Å². The van der Waals surface area contributed by atoms with Crippen molar-refractivity contribution in [3.63, 3.8) is 0 Å². The Balaban J connectivity index is 2.29. The highest BCUT2D eigenvalue weighted by molar-refractivity contribution is 5.37. The minimum absolute atomic E-state index is 0.0872. The van der Waals surface area contributed by atoms with Gasteiger partial charge in [0.1, 0.15) is 17.2 Å². The summed E-state index contributed by atoms with van der Waals surface area (Å²) in [7, 11) is 0. The lowest BCUT2D eigenvalue weighted by molar-refractivity contribution is 0.340.